The molecule has 0 saturated carbocycles. The highest BCUT2D eigenvalue weighted by molar-refractivity contribution is 7.92. The van der Waals surface area contributed by atoms with Gasteiger partial charge in [-0.05, 0) is 74.6 Å². The van der Waals surface area contributed by atoms with Crippen LogP contribution < -0.4 is 10.0 Å². The Morgan fingerprint density at radius 2 is 1.82 bits per heavy atom. The highest BCUT2D eigenvalue weighted by Gasteiger charge is 2.21. The third-order valence-corrected chi connectivity index (χ3v) is 6.54. The van der Waals surface area contributed by atoms with E-state index in [1.54, 1.807) is 31.2 Å². The van der Waals surface area contributed by atoms with Gasteiger partial charge in [0.05, 0.1) is 11.0 Å². The van der Waals surface area contributed by atoms with E-state index in [1.807, 2.05) is 19.9 Å². The average molecular weight is 403 g/mol. The Hall–Kier alpha value is -2.38. The molecule has 1 amide bonds. The summed E-state index contributed by atoms with van der Waals surface area (Å²) in [6, 6.07) is 10.1. The van der Waals surface area contributed by atoms with Gasteiger partial charge in [0.1, 0.15) is 0 Å². The van der Waals surface area contributed by atoms with Crippen LogP contribution in [0.3, 0.4) is 0 Å². The zero-order valence-corrected chi connectivity index (χ0v) is 17.2. The van der Waals surface area contributed by atoms with Crippen molar-refractivity contribution in [2.45, 2.75) is 44.6 Å². The molecule has 2 aromatic rings. The number of carbonyl (C=O) groups excluding carboxylic acids is 1. The maximum absolute atomic E-state index is 12.9. The van der Waals surface area contributed by atoms with E-state index >= 15 is 0 Å². The van der Waals surface area contributed by atoms with Gasteiger partial charge < -0.3 is 10.1 Å². The number of hydrogen-bond donors (Lipinski definition) is 2. The Morgan fingerprint density at radius 3 is 2.50 bits per heavy atom. The van der Waals surface area contributed by atoms with Gasteiger partial charge in [-0.2, -0.15) is 0 Å². The average Bonchev–Trinajstić information content (AvgIpc) is 3.16. The molecular formula is C21H26N2O4S. The molecule has 0 radical (unpaired) electrons. The van der Waals surface area contributed by atoms with Gasteiger partial charge in [-0.1, -0.05) is 12.1 Å². The van der Waals surface area contributed by atoms with Gasteiger partial charge in [0.25, 0.3) is 15.9 Å². The number of amides is 1. The van der Waals surface area contributed by atoms with E-state index in [-0.39, 0.29) is 16.9 Å². The van der Waals surface area contributed by atoms with Crippen LogP contribution in [0.4, 0.5) is 5.69 Å². The summed E-state index contributed by atoms with van der Waals surface area (Å²) < 4.78 is 33.9. The molecule has 6 nitrogen and oxygen atoms in total. The van der Waals surface area contributed by atoms with Crippen LogP contribution in [0.25, 0.3) is 0 Å². The first-order valence-electron chi connectivity index (χ1n) is 9.37. The van der Waals surface area contributed by atoms with Gasteiger partial charge in [-0.15, -0.1) is 0 Å². The Bertz CT molecular complexity index is 980. The molecule has 2 aromatic carbocycles. The second-order valence-electron chi connectivity index (χ2n) is 7.23. The number of aryl methyl sites for hydroxylation is 3. The minimum absolute atomic E-state index is 0.0315. The zero-order valence-electron chi connectivity index (χ0n) is 16.4. The molecule has 3 rings (SSSR count). The highest BCUT2D eigenvalue weighted by atomic mass is 32.2. The number of sulfonamides is 1. The van der Waals surface area contributed by atoms with Gasteiger partial charge in [-0.3, -0.25) is 9.52 Å². The maximum atomic E-state index is 12.9. The second-order valence-corrected chi connectivity index (χ2v) is 8.88. The Morgan fingerprint density at radius 1 is 1.07 bits per heavy atom. The summed E-state index contributed by atoms with van der Waals surface area (Å²) in [5.74, 6) is -0.307. The molecule has 150 valence electrons. The SMILES string of the molecule is Cc1ccc(NS(=O)(=O)c2cc(C(=O)NC[C@H]3CCCO3)ccc2C)cc1C. The van der Waals surface area contributed by atoms with E-state index in [2.05, 4.69) is 10.0 Å². The van der Waals surface area contributed by atoms with Gasteiger partial charge in [0, 0.05) is 24.4 Å². The Kier molecular flexibility index (Phi) is 6.05. The van der Waals surface area contributed by atoms with E-state index in [0.29, 0.717) is 23.4 Å². The van der Waals surface area contributed by atoms with Crippen LogP contribution in [0, 0.1) is 20.8 Å². The lowest BCUT2D eigenvalue weighted by molar-refractivity contribution is 0.0857. The molecule has 0 aromatic heterocycles. The van der Waals surface area contributed by atoms with Crippen LogP contribution in [0.5, 0.6) is 0 Å². The van der Waals surface area contributed by atoms with Gasteiger partial charge in [0.2, 0.25) is 0 Å². The predicted molar refractivity (Wildman–Crippen MR) is 109 cm³/mol. The van der Waals surface area contributed by atoms with Crippen molar-refractivity contribution >= 4 is 21.6 Å². The minimum atomic E-state index is -3.81. The standard InChI is InChI=1S/C21H26N2O4S/c1-14-7-9-18(11-16(14)3)23-28(25,26)20-12-17(8-6-15(20)2)21(24)22-13-19-5-4-10-27-19/h6-9,11-12,19,23H,4-5,10,13H2,1-3H3,(H,22,24)/t19-/m1/s1. The van der Waals surface area contributed by atoms with Gasteiger partial charge in [-0.25, -0.2) is 8.42 Å². The molecule has 0 bridgehead atoms. The second kappa shape index (κ2) is 8.32. The fraction of sp³-hybridized carbons (Fsp3) is 0.381. The fourth-order valence-corrected chi connectivity index (χ4v) is 4.48. The van der Waals surface area contributed by atoms with Crippen molar-refractivity contribution in [2.24, 2.45) is 0 Å². The largest absolute Gasteiger partial charge is 0.376 e. The normalized spacial score (nSPS) is 16.8. The molecule has 0 unspecified atom stereocenters. The lowest BCUT2D eigenvalue weighted by Gasteiger charge is -2.14. The molecule has 2 N–H and O–H groups in total. The lowest BCUT2D eigenvalue weighted by Crippen LogP contribution is -2.31. The summed E-state index contributed by atoms with van der Waals surface area (Å²) >= 11 is 0. The first-order valence-corrected chi connectivity index (χ1v) is 10.8. The number of nitrogens with one attached hydrogen (secondary N) is 2. The lowest BCUT2D eigenvalue weighted by atomic mass is 10.1. The first kappa shape index (κ1) is 20.4. The molecule has 1 fully saturated rings. The molecule has 0 spiro atoms. The monoisotopic (exact) mass is 402 g/mol. The molecule has 1 aliphatic heterocycles. The molecular weight excluding hydrogens is 376 g/mol. The Balaban J connectivity index is 1.79. The van der Waals surface area contributed by atoms with Crippen molar-refractivity contribution in [3.05, 3.63) is 58.7 Å². The summed E-state index contributed by atoms with van der Waals surface area (Å²) in [5.41, 5.74) is 3.47. The van der Waals surface area contributed by atoms with Crippen molar-refractivity contribution < 1.29 is 17.9 Å². The van der Waals surface area contributed by atoms with Crippen molar-refractivity contribution in [3.63, 3.8) is 0 Å². The van der Waals surface area contributed by atoms with Crippen LogP contribution >= 0.6 is 0 Å². The number of anilines is 1. The third-order valence-electron chi connectivity index (χ3n) is 5.01. The highest BCUT2D eigenvalue weighted by Crippen LogP contribution is 2.22. The van der Waals surface area contributed by atoms with E-state index in [4.69, 9.17) is 4.74 Å². The van der Waals surface area contributed by atoms with Gasteiger partial charge >= 0.3 is 0 Å². The third kappa shape index (κ3) is 4.72. The van der Waals surface area contributed by atoms with Gasteiger partial charge in [0.15, 0.2) is 0 Å². The summed E-state index contributed by atoms with van der Waals surface area (Å²) in [4.78, 5) is 12.5. The van der Waals surface area contributed by atoms with E-state index in [9.17, 15) is 13.2 Å². The summed E-state index contributed by atoms with van der Waals surface area (Å²) in [7, 11) is -3.81. The van der Waals surface area contributed by atoms with Crippen molar-refractivity contribution in [2.75, 3.05) is 17.9 Å². The Labute approximate surface area is 166 Å². The van der Waals surface area contributed by atoms with Crippen LogP contribution in [-0.2, 0) is 14.8 Å². The smallest absolute Gasteiger partial charge is 0.262 e. The molecule has 1 saturated heterocycles. The van der Waals surface area contributed by atoms with Crippen molar-refractivity contribution in [1.29, 1.82) is 0 Å². The first-order chi connectivity index (χ1) is 13.3. The van der Waals surface area contributed by atoms with Crippen LogP contribution in [0.1, 0.15) is 39.9 Å². The minimum Gasteiger partial charge on any atom is -0.376 e. The van der Waals surface area contributed by atoms with Crippen LogP contribution in [-0.4, -0.2) is 33.6 Å². The van der Waals surface area contributed by atoms with Crippen molar-refractivity contribution in [3.8, 4) is 0 Å². The number of ether oxygens (including phenoxy) is 1. The number of carbonyl (C=O) groups is 1. The van der Waals surface area contributed by atoms with Crippen LogP contribution in [0.15, 0.2) is 41.3 Å². The summed E-state index contributed by atoms with van der Waals surface area (Å²) in [5, 5.41) is 2.82. The summed E-state index contributed by atoms with van der Waals surface area (Å²) in [6.45, 7) is 6.75. The molecule has 0 aliphatic carbocycles. The summed E-state index contributed by atoms with van der Waals surface area (Å²) in [6.07, 6.45) is 1.95. The van der Waals surface area contributed by atoms with Crippen molar-refractivity contribution in [1.82, 2.24) is 5.32 Å². The van der Waals surface area contributed by atoms with E-state index in [1.165, 1.54) is 6.07 Å². The van der Waals surface area contributed by atoms with Crippen LogP contribution in [0.2, 0.25) is 0 Å². The van der Waals surface area contributed by atoms with E-state index < -0.39 is 10.0 Å². The van der Waals surface area contributed by atoms with E-state index in [0.717, 1.165) is 30.6 Å². The molecule has 1 aliphatic rings. The molecule has 1 heterocycles. The topological polar surface area (TPSA) is 84.5 Å². The maximum Gasteiger partial charge on any atom is 0.262 e. The molecule has 1 atom stereocenters. The molecule has 7 heteroatoms. The quantitative estimate of drug-likeness (QED) is 0.776. The predicted octanol–water partition coefficient (Wildman–Crippen LogP) is 3.32. The number of rotatable bonds is 6. The zero-order chi connectivity index (χ0) is 20.3. The molecule has 28 heavy (non-hydrogen) atoms. The fourth-order valence-electron chi connectivity index (χ4n) is 3.16. The number of hydrogen-bond acceptors (Lipinski definition) is 4. The number of benzene rings is 2.